The molecule has 1 saturated carbocycles. The number of amides is 1. The molecule has 12 heteroatoms. The molecular formula is C24H31N9O3. The molecule has 2 unspecified atom stereocenters. The van der Waals surface area contributed by atoms with Gasteiger partial charge in [0.2, 0.25) is 5.82 Å². The van der Waals surface area contributed by atoms with Gasteiger partial charge >= 0.3 is 5.97 Å². The van der Waals surface area contributed by atoms with Crippen LogP contribution in [0.4, 0.5) is 5.82 Å². The highest BCUT2D eigenvalue weighted by molar-refractivity contribution is 5.98. The molecule has 1 aliphatic carbocycles. The van der Waals surface area contributed by atoms with Crippen LogP contribution < -0.4 is 22.1 Å². The van der Waals surface area contributed by atoms with E-state index in [0.29, 0.717) is 17.0 Å². The van der Waals surface area contributed by atoms with Gasteiger partial charge in [-0.2, -0.15) is 0 Å². The van der Waals surface area contributed by atoms with Gasteiger partial charge in [-0.15, -0.1) is 0 Å². The molecular weight excluding hydrogens is 462 g/mol. The van der Waals surface area contributed by atoms with Gasteiger partial charge in [-0.1, -0.05) is 24.5 Å². The lowest BCUT2D eigenvalue weighted by atomic mass is 9.90. The van der Waals surface area contributed by atoms with Gasteiger partial charge in [-0.05, 0) is 31.9 Å². The Kier molecular flexibility index (Phi) is 7.62. The van der Waals surface area contributed by atoms with Gasteiger partial charge in [0.1, 0.15) is 11.9 Å². The first-order chi connectivity index (χ1) is 17.3. The van der Waals surface area contributed by atoms with Crippen LogP contribution in [0, 0.1) is 6.92 Å². The zero-order valence-electron chi connectivity index (χ0n) is 20.3. The Hall–Kier alpha value is -4.22. The molecule has 0 saturated heterocycles. The van der Waals surface area contributed by atoms with Crippen molar-refractivity contribution in [1.82, 2.24) is 25.3 Å². The Bertz CT molecular complexity index is 1260. The number of H-pyrrole nitrogens is 1. The fraction of sp³-hybridized carbons (Fsp3) is 0.417. The second-order valence-electron chi connectivity index (χ2n) is 8.90. The third-order valence-corrected chi connectivity index (χ3v) is 6.19. The number of esters is 1. The average Bonchev–Trinajstić information content (AvgIpc) is 3.37. The van der Waals surface area contributed by atoms with E-state index in [4.69, 9.17) is 16.2 Å². The lowest BCUT2D eigenvalue weighted by Gasteiger charge is -2.30. The third kappa shape index (κ3) is 5.88. The lowest BCUT2D eigenvalue weighted by Crippen LogP contribution is -2.44. The van der Waals surface area contributed by atoms with E-state index in [1.807, 2.05) is 25.1 Å². The quantitative estimate of drug-likeness (QED) is 0.174. The second-order valence-corrected chi connectivity index (χ2v) is 8.90. The van der Waals surface area contributed by atoms with E-state index in [1.165, 1.54) is 13.4 Å². The summed E-state index contributed by atoms with van der Waals surface area (Å²) in [4.78, 5) is 45.9. The second kappa shape index (κ2) is 11.0. The van der Waals surface area contributed by atoms with Gasteiger partial charge in [-0.3, -0.25) is 4.79 Å². The number of guanidine groups is 1. The number of aromatic nitrogens is 4. The summed E-state index contributed by atoms with van der Waals surface area (Å²) in [6.45, 7) is 1.98. The van der Waals surface area contributed by atoms with Crippen molar-refractivity contribution in [3.05, 3.63) is 47.8 Å². The summed E-state index contributed by atoms with van der Waals surface area (Å²) < 4.78 is 4.88. The van der Waals surface area contributed by atoms with Crippen LogP contribution in [0.25, 0.3) is 10.9 Å². The summed E-state index contributed by atoms with van der Waals surface area (Å²) in [7, 11) is 1.27. The highest BCUT2D eigenvalue weighted by atomic mass is 16.5. The van der Waals surface area contributed by atoms with Gasteiger partial charge in [0.15, 0.2) is 5.96 Å². The highest BCUT2D eigenvalue weighted by Gasteiger charge is 2.28. The molecule has 0 bridgehead atoms. The number of anilines is 1. The fourth-order valence-electron chi connectivity index (χ4n) is 4.43. The number of hydrogen-bond donors (Lipinski definition) is 5. The number of benzene rings is 1. The van der Waals surface area contributed by atoms with Crippen molar-refractivity contribution in [2.45, 2.75) is 57.2 Å². The molecule has 2 heterocycles. The molecule has 1 aromatic carbocycles. The molecule has 3 atom stereocenters. The van der Waals surface area contributed by atoms with Crippen LogP contribution in [0.5, 0.6) is 0 Å². The molecule has 0 radical (unpaired) electrons. The molecule has 0 aliphatic heterocycles. The Morgan fingerprint density at radius 3 is 2.78 bits per heavy atom. The number of nitrogens with one attached hydrogen (secondary N) is 3. The Morgan fingerprint density at radius 1 is 1.25 bits per heavy atom. The number of methoxy groups -OCH3 is 1. The largest absolute Gasteiger partial charge is 0.467 e. The number of aryl methyl sites for hydroxylation is 1. The summed E-state index contributed by atoms with van der Waals surface area (Å²) in [5.74, 6) is -0.695. The Labute approximate surface area is 208 Å². The van der Waals surface area contributed by atoms with Crippen molar-refractivity contribution in [2.24, 2.45) is 16.5 Å². The highest BCUT2D eigenvalue weighted by Crippen LogP contribution is 2.28. The molecule has 4 rings (SSSR count). The van der Waals surface area contributed by atoms with E-state index in [2.05, 4.69) is 35.6 Å². The number of imidazole rings is 1. The minimum atomic E-state index is -0.943. The summed E-state index contributed by atoms with van der Waals surface area (Å²) in [5, 5.41) is 6.95. The number of aliphatic imine (C=N–C) groups is 1. The zero-order chi connectivity index (χ0) is 25.7. The van der Waals surface area contributed by atoms with E-state index >= 15 is 0 Å². The van der Waals surface area contributed by atoms with E-state index in [-0.39, 0.29) is 30.3 Å². The molecule has 1 amide bonds. The molecule has 1 fully saturated rings. The molecule has 36 heavy (non-hydrogen) atoms. The molecule has 2 aromatic heterocycles. The zero-order valence-corrected chi connectivity index (χ0v) is 20.3. The monoisotopic (exact) mass is 493 g/mol. The molecule has 0 spiro atoms. The molecule has 190 valence electrons. The number of fused-ring (bicyclic) bond motifs is 1. The number of hydrogen-bond acceptors (Lipinski definition) is 8. The Balaban J connectivity index is 1.65. The van der Waals surface area contributed by atoms with Gasteiger partial charge in [-0.25, -0.2) is 24.7 Å². The maximum atomic E-state index is 13.2. The first kappa shape index (κ1) is 24.9. The minimum Gasteiger partial charge on any atom is -0.467 e. The number of ether oxygens (including phenoxy) is 1. The molecule has 3 aromatic rings. The predicted molar refractivity (Wildman–Crippen MR) is 135 cm³/mol. The van der Waals surface area contributed by atoms with E-state index < -0.39 is 17.9 Å². The van der Waals surface area contributed by atoms with Crippen LogP contribution in [-0.2, 0) is 16.0 Å². The van der Waals surface area contributed by atoms with Crippen molar-refractivity contribution < 1.29 is 14.3 Å². The number of carbonyl (C=O) groups excluding carboxylic acids is 2. The predicted octanol–water partition coefficient (Wildman–Crippen LogP) is 1.17. The smallest absolute Gasteiger partial charge is 0.328 e. The van der Waals surface area contributed by atoms with Crippen LogP contribution in [0.2, 0.25) is 0 Å². The van der Waals surface area contributed by atoms with Gasteiger partial charge in [0.25, 0.3) is 5.91 Å². The van der Waals surface area contributed by atoms with E-state index in [0.717, 1.165) is 36.6 Å². The minimum absolute atomic E-state index is 0.0447. The van der Waals surface area contributed by atoms with Gasteiger partial charge in [0, 0.05) is 23.7 Å². The van der Waals surface area contributed by atoms with Crippen LogP contribution in [0.3, 0.4) is 0 Å². The van der Waals surface area contributed by atoms with Gasteiger partial charge in [0.05, 0.1) is 31.0 Å². The standard InChI is InChI=1S/C24H31N9O3/c1-13-7-8-16-15(9-13)20(30-17-5-3-4-6-18(17)32-24(25)26)33-21(29-16)22(34)31-19(23(35)36-2)10-14-11-27-12-28-14/h7-9,11-12,17-19H,3-6,10H2,1-2H3,(H,27,28)(H,31,34)(H4,25,26,32)(H,29,30,33)/t17?,18?,19-/m0/s1. The number of nitrogens with zero attached hydrogens (tertiary/aromatic N) is 4. The van der Waals surface area contributed by atoms with Crippen molar-refractivity contribution >= 4 is 34.6 Å². The summed E-state index contributed by atoms with van der Waals surface area (Å²) in [5.41, 5.74) is 13.6. The van der Waals surface area contributed by atoms with Crippen molar-refractivity contribution in [2.75, 3.05) is 12.4 Å². The summed E-state index contributed by atoms with van der Waals surface area (Å²) in [6, 6.07) is 4.62. The van der Waals surface area contributed by atoms with Crippen LogP contribution in [0.1, 0.15) is 47.6 Å². The number of nitrogens with two attached hydrogens (primary N) is 2. The first-order valence-corrected chi connectivity index (χ1v) is 11.8. The lowest BCUT2D eigenvalue weighted by molar-refractivity contribution is -0.142. The van der Waals surface area contributed by atoms with Crippen molar-refractivity contribution in [3.8, 4) is 0 Å². The van der Waals surface area contributed by atoms with Crippen molar-refractivity contribution in [3.63, 3.8) is 0 Å². The number of carbonyl (C=O) groups is 2. The third-order valence-electron chi connectivity index (χ3n) is 6.19. The maximum Gasteiger partial charge on any atom is 0.328 e. The van der Waals surface area contributed by atoms with Crippen LogP contribution >= 0.6 is 0 Å². The molecule has 7 N–H and O–H groups in total. The van der Waals surface area contributed by atoms with Crippen molar-refractivity contribution in [1.29, 1.82) is 0 Å². The van der Waals surface area contributed by atoms with Crippen LogP contribution in [0.15, 0.2) is 35.7 Å². The molecule has 1 aliphatic rings. The molecule has 12 nitrogen and oxygen atoms in total. The summed E-state index contributed by atoms with van der Waals surface area (Å²) >= 11 is 0. The fourth-order valence-corrected chi connectivity index (χ4v) is 4.43. The topological polar surface area (TPSA) is 186 Å². The van der Waals surface area contributed by atoms with Gasteiger partial charge < -0.3 is 31.8 Å². The first-order valence-electron chi connectivity index (χ1n) is 11.8. The van der Waals surface area contributed by atoms with E-state index in [9.17, 15) is 9.59 Å². The number of rotatable bonds is 8. The maximum absolute atomic E-state index is 13.2. The van der Waals surface area contributed by atoms with Crippen LogP contribution in [-0.4, -0.2) is 63.0 Å². The normalized spacial score (nSPS) is 18.3. The Morgan fingerprint density at radius 2 is 2.06 bits per heavy atom. The summed E-state index contributed by atoms with van der Waals surface area (Å²) in [6.07, 6.45) is 7.02. The van der Waals surface area contributed by atoms with E-state index in [1.54, 1.807) is 6.20 Å². The average molecular weight is 494 g/mol. The number of aromatic amines is 1. The SMILES string of the molecule is COC(=O)[C@H](Cc1cnc[nH]1)NC(=O)c1nc(NC2CCCCC2N=C(N)N)c2cc(C)ccc2n1.